The fraction of sp³-hybridized carbons (Fsp3) is 0.692. The number of ether oxygens (including phenoxy) is 1. The van der Waals surface area contributed by atoms with Crippen LogP contribution in [0.4, 0.5) is 0 Å². The third-order valence-corrected chi connectivity index (χ3v) is 5.66. The van der Waals surface area contributed by atoms with Crippen LogP contribution in [0.2, 0.25) is 0 Å². The Balaban J connectivity index is 1.94. The third-order valence-electron chi connectivity index (χ3n) is 3.00. The highest BCUT2D eigenvalue weighted by molar-refractivity contribution is 9.11. The molecule has 1 aliphatic heterocycles. The zero-order chi connectivity index (χ0) is 12.8. The normalized spacial score (nSPS) is 22.0. The number of rotatable bonds is 6. The molecule has 0 radical (unpaired) electrons. The van der Waals surface area contributed by atoms with Gasteiger partial charge in [-0.2, -0.15) is 11.8 Å². The van der Waals surface area contributed by atoms with Crippen LogP contribution in [0.5, 0.6) is 0 Å². The minimum Gasteiger partial charge on any atom is -0.375 e. The first kappa shape index (κ1) is 14.9. The monoisotopic (exact) mass is 349 g/mol. The van der Waals surface area contributed by atoms with Gasteiger partial charge < -0.3 is 10.1 Å². The Labute approximate surface area is 126 Å². The molecule has 0 amide bonds. The van der Waals surface area contributed by atoms with Crippen LogP contribution in [0.15, 0.2) is 15.9 Å². The smallest absolute Gasteiger partial charge is 0.0822 e. The average molecular weight is 350 g/mol. The first-order valence-electron chi connectivity index (χ1n) is 6.46. The molecule has 1 aliphatic rings. The van der Waals surface area contributed by atoms with Gasteiger partial charge in [-0.05, 0) is 47.4 Å². The second-order valence-corrected chi connectivity index (χ2v) is 8.15. The molecule has 5 heteroatoms. The summed E-state index contributed by atoms with van der Waals surface area (Å²) in [4.78, 5) is 1.43. The number of thiophene rings is 1. The van der Waals surface area contributed by atoms with Crippen molar-refractivity contribution in [2.75, 3.05) is 24.7 Å². The summed E-state index contributed by atoms with van der Waals surface area (Å²) in [5.74, 6) is 2.26. The standard InChI is InChI=1S/C13H20BrNOS2/c1-2-5-15-11(12-9-17-7-6-16-12)8-10-3-4-13(14)18-10/h3-4,11-12,15H,2,5-9H2,1H3. The molecule has 2 heterocycles. The molecule has 18 heavy (non-hydrogen) atoms. The van der Waals surface area contributed by atoms with Crippen molar-refractivity contribution in [2.45, 2.75) is 31.9 Å². The first-order valence-corrected chi connectivity index (χ1v) is 9.23. The maximum Gasteiger partial charge on any atom is 0.0822 e. The first-order chi connectivity index (χ1) is 8.79. The van der Waals surface area contributed by atoms with E-state index in [1.807, 2.05) is 23.1 Å². The number of hydrogen-bond donors (Lipinski definition) is 1. The number of hydrogen-bond acceptors (Lipinski definition) is 4. The molecule has 2 nitrogen and oxygen atoms in total. The Morgan fingerprint density at radius 2 is 2.44 bits per heavy atom. The molecule has 1 fully saturated rings. The van der Waals surface area contributed by atoms with Crippen LogP contribution in [0.1, 0.15) is 18.2 Å². The summed E-state index contributed by atoms with van der Waals surface area (Å²) < 4.78 is 7.14. The van der Waals surface area contributed by atoms with Crippen molar-refractivity contribution in [3.63, 3.8) is 0 Å². The van der Waals surface area contributed by atoms with E-state index in [1.54, 1.807) is 0 Å². The van der Waals surface area contributed by atoms with Crippen molar-refractivity contribution < 1.29 is 4.74 Å². The van der Waals surface area contributed by atoms with E-state index in [1.165, 1.54) is 15.1 Å². The summed E-state index contributed by atoms with van der Waals surface area (Å²) in [5, 5.41) is 3.65. The summed E-state index contributed by atoms with van der Waals surface area (Å²) in [6.07, 6.45) is 2.60. The average Bonchev–Trinajstić information content (AvgIpc) is 2.81. The van der Waals surface area contributed by atoms with Gasteiger partial charge >= 0.3 is 0 Å². The molecule has 0 bridgehead atoms. The van der Waals surface area contributed by atoms with Crippen molar-refractivity contribution in [1.82, 2.24) is 5.32 Å². The lowest BCUT2D eigenvalue weighted by Gasteiger charge is -2.30. The largest absolute Gasteiger partial charge is 0.375 e. The quantitative estimate of drug-likeness (QED) is 0.848. The zero-order valence-corrected chi connectivity index (χ0v) is 13.9. The van der Waals surface area contributed by atoms with Gasteiger partial charge in [0.25, 0.3) is 0 Å². The van der Waals surface area contributed by atoms with E-state index < -0.39 is 0 Å². The van der Waals surface area contributed by atoms with Crippen molar-refractivity contribution in [1.29, 1.82) is 0 Å². The van der Waals surface area contributed by atoms with Crippen molar-refractivity contribution in [3.8, 4) is 0 Å². The van der Waals surface area contributed by atoms with Gasteiger partial charge in [0.15, 0.2) is 0 Å². The molecule has 0 saturated carbocycles. The highest BCUT2D eigenvalue weighted by Crippen LogP contribution is 2.25. The zero-order valence-electron chi connectivity index (χ0n) is 10.7. The number of nitrogens with one attached hydrogen (secondary N) is 1. The fourth-order valence-corrected chi connectivity index (χ4v) is 4.56. The van der Waals surface area contributed by atoms with Crippen molar-refractivity contribution in [3.05, 3.63) is 20.8 Å². The molecule has 102 valence electrons. The molecule has 1 aromatic heterocycles. The second kappa shape index (κ2) is 7.90. The van der Waals surface area contributed by atoms with Crippen molar-refractivity contribution >= 4 is 39.0 Å². The lowest BCUT2D eigenvalue weighted by Crippen LogP contribution is -2.46. The van der Waals surface area contributed by atoms with Crippen LogP contribution in [0, 0.1) is 0 Å². The van der Waals surface area contributed by atoms with Crippen molar-refractivity contribution in [2.24, 2.45) is 0 Å². The topological polar surface area (TPSA) is 21.3 Å². The highest BCUT2D eigenvalue weighted by Gasteiger charge is 2.24. The molecule has 1 saturated heterocycles. The van der Waals surface area contributed by atoms with E-state index in [9.17, 15) is 0 Å². The van der Waals surface area contributed by atoms with Crippen LogP contribution >= 0.6 is 39.0 Å². The Morgan fingerprint density at radius 3 is 3.06 bits per heavy atom. The molecule has 1 aromatic rings. The SMILES string of the molecule is CCCNC(Cc1ccc(Br)s1)C1CSCCO1. The minimum atomic E-state index is 0.358. The fourth-order valence-electron chi connectivity index (χ4n) is 2.08. The summed E-state index contributed by atoms with van der Waals surface area (Å²) in [6.45, 7) is 4.18. The molecule has 0 spiro atoms. The summed E-state index contributed by atoms with van der Waals surface area (Å²) in [7, 11) is 0. The number of halogens is 1. The van der Waals surface area contributed by atoms with Gasteiger partial charge in [0, 0.05) is 22.4 Å². The molecule has 2 atom stereocenters. The van der Waals surface area contributed by atoms with Crippen LogP contribution in [-0.2, 0) is 11.2 Å². The summed E-state index contributed by atoms with van der Waals surface area (Å²) in [5.41, 5.74) is 0. The van der Waals surface area contributed by atoms with E-state index >= 15 is 0 Å². The minimum absolute atomic E-state index is 0.358. The lowest BCUT2D eigenvalue weighted by atomic mass is 10.1. The van der Waals surface area contributed by atoms with E-state index in [-0.39, 0.29) is 0 Å². The Kier molecular flexibility index (Phi) is 6.52. The van der Waals surface area contributed by atoms with Gasteiger partial charge in [-0.25, -0.2) is 0 Å². The van der Waals surface area contributed by atoms with Gasteiger partial charge in [0.2, 0.25) is 0 Å². The van der Waals surface area contributed by atoms with Crippen LogP contribution in [0.3, 0.4) is 0 Å². The molecular formula is C13H20BrNOS2. The Hall–Kier alpha value is 0.450. The van der Waals surface area contributed by atoms with Crippen LogP contribution in [0.25, 0.3) is 0 Å². The van der Waals surface area contributed by atoms with E-state index in [2.05, 4.69) is 40.3 Å². The Morgan fingerprint density at radius 1 is 1.56 bits per heavy atom. The predicted molar refractivity (Wildman–Crippen MR) is 84.9 cm³/mol. The maximum absolute atomic E-state index is 5.93. The highest BCUT2D eigenvalue weighted by atomic mass is 79.9. The third kappa shape index (κ3) is 4.53. The van der Waals surface area contributed by atoms with Crippen LogP contribution < -0.4 is 5.32 Å². The molecule has 2 unspecified atom stereocenters. The van der Waals surface area contributed by atoms with Gasteiger partial charge in [-0.1, -0.05) is 6.92 Å². The molecule has 1 N–H and O–H groups in total. The second-order valence-electron chi connectivity index (χ2n) is 4.45. The van der Waals surface area contributed by atoms with Gasteiger partial charge in [-0.3, -0.25) is 0 Å². The van der Waals surface area contributed by atoms with Gasteiger partial charge in [0.05, 0.1) is 16.5 Å². The van der Waals surface area contributed by atoms with Gasteiger partial charge in [-0.15, -0.1) is 11.3 Å². The molecule has 0 aliphatic carbocycles. The van der Waals surface area contributed by atoms with E-state index in [4.69, 9.17) is 4.74 Å². The Bertz CT molecular complexity index is 353. The number of thioether (sulfide) groups is 1. The summed E-state index contributed by atoms with van der Waals surface area (Å²) in [6, 6.07) is 4.79. The van der Waals surface area contributed by atoms with Crippen LogP contribution in [-0.4, -0.2) is 36.8 Å². The molecule has 0 aromatic carbocycles. The molecular weight excluding hydrogens is 330 g/mol. The van der Waals surface area contributed by atoms with E-state index in [0.717, 1.165) is 31.1 Å². The predicted octanol–water partition coefficient (Wildman–Crippen LogP) is 3.55. The summed E-state index contributed by atoms with van der Waals surface area (Å²) >= 11 is 7.37. The maximum atomic E-state index is 5.93. The molecule has 2 rings (SSSR count). The van der Waals surface area contributed by atoms with Gasteiger partial charge in [0.1, 0.15) is 0 Å². The lowest BCUT2D eigenvalue weighted by molar-refractivity contribution is 0.0474. The van der Waals surface area contributed by atoms with E-state index in [0.29, 0.717) is 12.1 Å².